The van der Waals surface area contributed by atoms with Gasteiger partial charge in [-0.25, -0.2) is 19.3 Å². The van der Waals surface area contributed by atoms with Crippen LogP contribution >= 0.6 is 0 Å². The average molecular weight is 368 g/mol. The first-order valence-electron chi connectivity index (χ1n) is 5.33. The smallest absolute Gasteiger partial charge is 0.506 e. The Kier molecular flexibility index (Phi) is 10.1. The summed E-state index contributed by atoms with van der Waals surface area (Å²) < 4.78 is 23.4. The molecule has 0 spiro atoms. The van der Waals surface area contributed by atoms with Crippen LogP contribution in [-0.2, 0) is 52.3 Å². The van der Waals surface area contributed by atoms with Gasteiger partial charge in [0, 0.05) is 19.5 Å². The van der Waals surface area contributed by atoms with Crippen molar-refractivity contribution < 1.29 is 55.8 Å². The van der Waals surface area contributed by atoms with Crippen LogP contribution in [0.1, 0.15) is 13.8 Å². The number of nitrogens with zero attached hydrogens (tertiary/aromatic N) is 1. The van der Waals surface area contributed by atoms with Gasteiger partial charge in [0.15, 0.2) is 5.91 Å². The third kappa shape index (κ3) is 7.34. The van der Waals surface area contributed by atoms with Crippen molar-refractivity contribution in [2.24, 2.45) is 11.8 Å². The van der Waals surface area contributed by atoms with E-state index in [-0.39, 0.29) is 39.3 Å². The Labute approximate surface area is 139 Å². The number of nitrogens with one attached hydrogen (secondary N) is 1. The molecule has 106 valence electrons. The van der Waals surface area contributed by atoms with Crippen LogP contribution < -0.4 is 5.32 Å². The standard InChI is InChI=1S/C10H19N2O5S.Y/c1-5-11-9(13)7(2)8(10(14)15)6-12(3)18(4,16)17;/h5,7-8H,6H2,1-4H3,(H,11,13)(H,14,15);/q-1;+3. The molecule has 0 saturated heterocycles. The minimum absolute atomic E-state index is 0. The SMILES string of the molecule is C[CH-]NC(=O)C(C)C(CN(C)S(C)(=O)=O)C(=O)O.[Y+3]. The van der Waals surface area contributed by atoms with E-state index >= 15 is 0 Å². The maximum absolute atomic E-state index is 11.5. The van der Waals surface area contributed by atoms with Gasteiger partial charge in [-0.15, -0.1) is 0 Å². The minimum Gasteiger partial charge on any atom is -0.506 e. The first-order chi connectivity index (χ1) is 8.11. The average Bonchev–Trinajstić information content (AvgIpc) is 2.23. The van der Waals surface area contributed by atoms with E-state index in [9.17, 15) is 18.0 Å². The summed E-state index contributed by atoms with van der Waals surface area (Å²) in [6, 6.07) is 0. The fraction of sp³-hybridized carbons (Fsp3) is 0.700. The Morgan fingerprint density at radius 1 is 1.42 bits per heavy atom. The molecule has 0 saturated carbocycles. The summed E-state index contributed by atoms with van der Waals surface area (Å²) in [6.07, 6.45) is 0.983. The Hall–Kier alpha value is -0.0461. The molecule has 0 rings (SSSR count). The predicted octanol–water partition coefficient (Wildman–Crippen LogP) is -0.490. The second kappa shape index (κ2) is 8.99. The molecule has 9 heteroatoms. The summed E-state index contributed by atoms with van der Waals surface area (Å²) in [5, 5.41) is 11.5. The van der Waals surface area contributed by atoms with Gasteiger partial charge < -0.3 is 10.4 Å². The number of carbonyl (C=O) groups excluding carboxylic acids is 1. The molecule has 0 radical (unpaired) electrons. The number of rotatable bonds is 7. The largest absolute Gasteiger partial charge is 3.00 e. The van der Waals surface area contributed by atoms with Crippen LogP contribution in [0.3, 0.4) is 0 Å². The maximum Gasteiger partial charge on any atom is 3.00 e. The number of amides is 1. The second-order valence-corrected chi connectivity index (χ2v) is 6.16. The number of sulfonamides is 1. The van der Waals surface area contributed by atoms with Crippen molar-refractivity contribution in [1.29, 1.82) is 0 Å². The fourth-order valence-corrected chi connectivity index (χ4v) is 1.75. The van der Waals surface area contributed by atoms with Crippen molar-refractivity contribution in [2.75, 3.05) is 19.8 Å². The van der Waals surface area contributed by atoms with Crippen LogP contribution in [0.5, 0.6) is 0 Å². The first kappa shape index (κ1) is 21.3. The van der Waals surface area contributed by atoms with E-state index in [1.165, 1.54) is 20.5 Å². The van der Waals surface area contributed by atoms with E-state index in [0.717, 1.165) is 10.6 Å². The molecule has 2 unspecified atom stereocenters. The Morgan fingerprint density at radius 2 is 1.89 bits per heavy atom. The molecule has 0 aromatic carbocycles. The zero-order valence-electron chi connectivity index (χ0n) is 11.5. The third-order valence-corrected chi connectivity index (χ3v) is 3.92. The van der Waals surface area contributed by atoms with Gasteiger partial charge >= 0.3 is 38.7 Å². The first-order valence-corrected chi connectivity index (χ1v) is 7.18. The molecule has 0 aliphatic heterocycles. The third-order valence-electron chi connectivity index (χ3n) is 2.64. The molecule has 7 nitrogen and oxygen atoms in total. The summed E-state index contributed by atoms with van der Waals surface area (Å²) in [4.78, 5) is 22.6. The molecule has 0 aromatic rings. The van der Waals surface area contributed by atoms with Crippen molar-refractivity contribution >= 4 is 21.9 Å². The molecular formula is C10H19N2O5SY+2. The zero-order chi connectivity index (χ0) is 14.5. The Bertz CT molecular complexity index is 412. The molecule has 0 bridgehead atoms. The van der Waals surface area contributed by atoms with Crippen molar-refractivity contribution in [1.82, 2.24) is 9.62 Å². The fourth-order valence-electron chi connectivity index (χ4n) is 1.32. The van der Waals surface area contributed by atoms with E-state index in [2.05, 4.69) is 5.32 Å². The van der Waals surface area contributed by atoms with Crippen LogP contribution in [0.2, 0.25) is 0 Å². The topological polar surface area (TPSA) is 104 Å². The van der Waals surface area contributed by atoms with Crippen LogP contribution in [0.25, 0.3) is 0 Å². The molecule has 0 heterocycles. The van der Waals surface area contributed by atoms with Crippen molar-refractivity contribution in [3.63, 3.8) is 0 Å². The van der Waals surface area contributed by atoms with Crippen LogP contribution in [0, 0.1) is 18.4 Å². The van der Waals surface area contributed by atoms with E-state index < -0.39 is 33.7 Å². The molecule has 0 fully saturated rings. The summed E-state index contributed by atoms with van der Waals surface area (Å²) >= 11 is 0. The van der Waals surface area contributed by atoms with Gasteiger partial charge in [-0.3, -0.25) is 9.59 Å². The van der Waals surface area contributed by atoms with Gasteiger partial charge in [-0.2, -0.15) is 6.92 Å². The maximum atomic E-state index is 11.5. The predicted molar refractivity (Wildman–Crippen MR) is 65.9 cm³/mol. The van der Waals surface area contributed by atoms with E-state index in [0.29, 0.717) is 0 Å². The zero-order valence-corrected chi connectivity index (χ0v) is 15.1. The summed E-state index contributed by atoms with van der Waals surface area (Å²) in [6.45, 7) is 4.21. The second-order valence-electron chi connectivity index (χ2n) is 4.07. The Morgan fingerprint density at radius 3 is 2.21 bits per heavy atom. The molecule has 0 aliphatic carbocycles. The summed E-state index contributed by atoms with van der Waals surface area (Å²) in [7, 11) is -2.19. The molecule has 0 aliphatic rings. The van der Waals surface area contributed by atoms with Crippen molar-refractivity contribution in [2.45, 2.75) is 13.8 Å². The van der Waals surface area contributed by atoms with Gasteiger partial charge in [0.25, 0.3) is 0 Å². The number of hydrogen-bond donors (Lipinski definition) is 2. The number of carboxylic acids is 1. The molecule has 2 atom stereocenters. The van der Waals surface area contributed by atoms with E-state index in [1.807, 2.05) is 0 Å². The number of hydrogen-bond acceptors (Lipinski definition) is 4. The molecule has 1 amide bonds. The molecule has 0 aromatic heterocycles. The van der Waals surface area contributed by atoms with Gasteiger partial charge in [-0.05, 0) is 0 Å². The number of carboxylic acid groups (broad SMARTS) is 1. The van der Waals surface area contributed by atoms with E-state index in [4.69, 9.17) is 5.11 Å². The quantitative estimate of drug-likeness (QED) is 0.591. The van der Waals surface area contributed by atoms with Gasteiger partial charge in [0.1, 0.15) is 0 Å². The van der Waals surface area contributed by atoms with Crippen molar-refractivity contribution in [3.05, 3.63) is 6.54 Å². The van der Waals surface area contributed by atoms with Crippen LogP contribution in [0.4, 0.5) is 0 Å². The Balaban J connectivity index is 0. The summed E-state index contributed by atoms with van der Waals surface area (Å²) in [5.41, 5.74) is 0. The molecule has 2 N–H and O–H groups in total. The van der Waals surface area contributed by atoms with Crippen molar-refractivity contribution in [3.8, 4) is 0 Å². The minimum atomic E-state index is -3.47. The van der Waals surface area contributed by atoms with Crippen LogP contribution in [0.15, 0.2) is 0 Å². The van der Waals surface area contributed by atoms with Crippen LogP contribution in [-0.4, -0.2) is 49.6 Å². The monoisotopic (exact) mass is 368 g/mol. The van der Waals surface area contributed by atoms with Gasteiger partial charge in [-0.1, -0.05) is 6.92 Å². The normalized spacial score (nSPS) is 14.4. The number of carbonyl (C=O) groups is 2. The van der Waals surface area contributed by atoms with E-state index in [1.54, 1.807) is 6.92 Å². The number of aliphatic carboxylic acids is 1. The van der Waals surface area contributed by atoms with Gasteiger partial charge in [0.05, 0.1) is 12.2 Å². The summed E-state index contributed by atoms with van der Waals surface area (Å²) in [5.74, 6) is -3.58. The molecule has 19 heavy (non-hydrogen) atoms. The van der Waals surface area contributed by atoms with Gasteiger partial charge in [0.2, 0.25) is 10.0 Å². The molecular weight excluding hydrogens is 349 g/mol.